The molecule has 0 saturated carbocycles. The maximum absolute atomic E-state index is 13.2. The summed E-state index contributed by atoms with van der Waals surface area (Å²) in [6.07, 6.45) is 1.39. The molecule has 1 fully saturated rings. The average molecular weight is 398 g/mol. The van der Waals surface area contributed by atoms with Crippen molar-refractivity contribution in [3.63, 3.8) is 0 Å². The van der Waals surface area contributed by atoms with Crippen molar-refractivity contribution in [1.82, 2.24) is 4.90 Å². The fraction of sp³-hybridized carbons (Fsp3) is 0.286. The molecule has 0 radical (unpaired) electrons. The molecular formula is C21H20ClN3O3. The Morgan fingerprint density at radius 1 is 1.21 bits per heavy atom. The molecule has 2 aromatic rings. The van der Waals surface area contributed by atoms with E-state index in [9.17, 15) is 14.4 Å². The Kier molecular flexibility index (Phi) is 4.81. The first-order chi connectivity index (χ1) is 13.5. The van der Waals surface area contributed by atoms with Crippen LogP contribution in [0.4, 0.5) is 11.4 Å². The van der Waals surface area contributed by atoms with E-state index < -0.39 is 6.04 Å². The van der Waals surface area contributed by atoms with Crippen molar-refractivity contribution < 1.29 is 14.4 Å². The summed E-state index contributed by atoms with van der Waals surface area (Å²) in [5, 5.41) is 3.20. The number of aryl methyl sites for hydroxylation is 1. The number of carbonyl (C=O) groups excluding carboxylic acids is 3. The van der Waals surface area contributed by atoms with E-state index in [0.717, 1.165) is 12.0 Å². The highest BCUT2D eigenvalue weighted by molar-refractivity contribution is 6.33. The second-order valence-electron chi connectivity index (χ2n) is 7.13. The number of hydrogen-bond acceptors (Lipinski definition) is 3. The number of halogens is 1. The minimum absolute atomic E-state index is 0.157. The Labute approximate surface area is 168 Å². The molecule has 7 heteroatoms. The molecule has 2 heterocycles. The summed E-state index contributed by atoms with van der Waals surface area (Å²) in [5.74, 6) is -0.746. The monoisotopic (exact) mass is 397 g/mol. The Hall–Kier alpha value is -2.86. The van der Waals surface area contributed by atoms with Crippen LogP contribution in [0.25, 0.3) is 0 Å². The van der Waals surface area contributed by atoms with Crippen molar-refractivity contribution in [2.75, 3.05) is 23.3 Å². The number of anilines is 2. The highest BCUT2D eigenvalue weighted by Gasteiger charge is 2.42. The number of hydrogen-bond donors (Lipinski definition) is 1. The Morgan fingerprint density at radius 3 is 2.79 bits per heavy atom. The molecule has 1 saturated heterocycles. The van der Waals surface area contributed by atoms with Gasteiger partial charge in [-0.1, -0.05) is 29.8 Å². The summed E-state index contributed by atoms with van der Waals surface area (Å²) in [7, 11) is 0. The number of benzene rings is 2. The zero-order valence-electron chi connectivity index (χ0n) is 15.4. The van der Waals surface area contributed by atoms with Gasteiger partial charge in [-0.25, -0.2) is 0 Å². The first kappa shape index (κ1) is 18.5. The van der Waals surface area contributed by atoms with E-state index in [4.69, 9.17) is 11.6 Å². The van der Waals surface area contributed by atoms with Crippen molar-refractivity contribution >= 4 is 40.7 Å². The Balaban J connectivity index is 1.63. The third-order valence-corrected chi connectivity index (χ3v) is 5.50. The summed E-state index contributed by atoms with van der Waals surface area (Å²) in [5.41, 5.74) is 2.39. The largest absolute Gasteiger partial charge is 0.327 e. The lowest BCUT2D eigenvalue weighted by Gasteiger charge is -2.25. The van der Waals surface area contributed by atoms with Gasteiger partial charge in [-0.3, -0.25) is 14.4 Å². The first-order valence-corrected chi connectivity index (χ1v) is 9.61. The quantitative estimate of drug-likeness (QED) is 0.864. The summed E-state index contributed by atoms with van der Waals surface area (Å²) >= 11 is 6.20. The number of carbonyl (C=O) groups is 3. The lowest BCUT2D eigenvalue weighted by atomic mass is 10.1. The van der Waals surface area contributed by atoms with Gasteiger partial charge in [0.25, 0.3) is 5.91 Å². The van der Waals surface area contributed by atoms with Gasteiger partial charge in [0.05, 0.1) is 22.0 Å². The van der Waals surface area contributed by atoms with Crippen molar-refractivity contribution in [1.29, 1.82) is 0 Å². The zero-order valence-corrected chi connectivity index (χ0v) is 16.2. The van der Waals surface area contributed by atoms with Gasteiger partial charge in [-0.05, 0) is 49.6 Å². The second kappa shape index (κ2) is 7.28. The third-order valence-electron chi connectivity index (χ3n) is 5.19. The number of nitrogens with zero attached hydrogens (tertiary/aromatic N) is 2. The maximum Gasteiger partial charge on any atom is 0.256 e. The van der Waals surface area contributed by atoms with Crippen LogP contribution in [0.5, 0.6) is 0 Å². The molecule has 4 rings (SSSR count). The number of nitrogens with one attached hydrogen (secondary N) is 1. The zero-order chi connectivity index (χ0) is 19.8. The highest BCUT2D eigenvalue weighted by atomic mass is 35.5. The van der Waals surface area contributed by atoms with Gasteiger partial charge in [-0.15, -0.1) is 0 Å². The van der Waals surface area contributed by atoms with E-state index in [-0.39, 0.29) is 24.3 Å². The van der Waals surface area contributed by atoms with Crippen LogP contribution >= 0.6 is 11.6 Å². The average Bonchev–Trinajstić information content (AvgIpc) is 3.14. The maximum atomic E-state index is 13.2. The smallest absolute Gasteiger partial charge is 0.256 e. The highest BCUT2D eigenvalue weighted by Crippen LogP contribution is 2.32. The van der Waals surface area contributed by atoms with Crippen molar-refractivity contribution in [3.8, 4) is 0 Å². The molecule has 28 heavy (non-hydrogen) atoms. The van der Waals surface area contributed by atoms with E-state index in [2.05, 4.69) is 5.32 Å². The predicted molar refractivity (Wildman–Crippen MR) is 108 cm³/mol. The fourth-order valence-corrected chi connectivity index (χ4v) is 4.11. The van der Waals surface area contributed by atoms with Crippen molar-refractivity contribution in [2.45, 2.75) is 25.8 Å². The lowest BCUT2D eigenvalue weighted by Crippen LogP contribution is -2.47. The van der Waals surface area contributed by atoms with Gasteiger partial charge >= 0.3 is 0 Å². The van der Waals surface area contributed by atoms with Crippen LogP contribution in [-0.4, -0.2) is 41.8 Å². The number of rotatable bonds is 3. The van der Waals surface area contributed by atoms with Gasteiger partial charge in [0.2, 0.25) is 11.8 Å². The predicted octanol–water partition coefficient (Wildman–Crippen LogP) is 3.24. The van der Waals surface area contributed by atoms with Crippen LogP contribution in [-0.2, 0) is 9.59 Å². The van der Waals surface area contributed by atoms with E-state index in [0.29, 0.717) is 34.9 Å². The lowest BCUT2D eigenvalue weighted by molar-refractivity contribution is -0.124. The van der Waals surface area contributed by atoms with Crippen LogP contribution < -0.4 is 10.2 Å². The van der Waals surface area contributed by atoms with Crippen LogP contribution in [0, 0.1) is 6.92 Å². The van der Waals surface area contributed by atoms with Crippen LogP contribution in [0.15, 0.2) is 42.5 Å². The molecule has 2 aliphatic rings. The van der Waals surface area contributed by atoms with Gasteiger partial charge in [0.1, 0.15) is 12.6 Å². The molecule has 0 bridgehead atoms. The van der Waals surface area contributed by atoms with Crippen molar-refractivity contribution in [2.24, 2.45) is 0 Å². The van der Waals surface area contributed by atoms with E-state index in [1.165, 1.54) is 4.90 Å². The summed E-state index contributed by atoms with van der Waals surface area (Å²) < 4.78 is 0. The molecule has 1 atom stereocenters. The van der Waals surface area contributed by atoms with Crippen LogP contribution in [0.3, 0.4) is 0 Å². The molecule has 0 unspecified atom stereocenters. The van der Waals surface area contributed by atoms with Crippen molar-refractivity contribution in [3.05, 3.63) is 58.6 Å². The molecule has 2 aliphatic heterocycles. The third kappa shape index (κ3) is 3.24. The minimum atomic E-state index is -0.518. The van der Waals surface area contributed by atoms with E-state index in [1.807, 2.05) is 13.0 Å². The first-order valence-electron chi connectivity index (χ1n) is 9.23. The summed E-state index contributed by atoms with van der Waals surface area (Å²) in [6, 6.07) is 11.8. The SMILES string of the molecule is Cc1ccc(NC(=O)CN2C(=O)[C@H]3CCCN3C(=O)c3ccccc32)c(Cl)c1. The van der Waals surface area contributed by atoms with Gasteiger partial charge < -0.3 is 15.1 Å². The number of fused-ring (bicyclic) bond motifs is 2. The fourth-order valence-electron chi connectivity index (χ4n) is 3.83. The van der Waals surface area contributed by atoms with Crippen LogP contribution in [0.2, 0.25) is 5.02 Å². The topological polar surface area (TPSA) is 69.7 Å². The molecule has 2 aromatic carbocycles. The molecule has 0 aromatic heterocycles. The Bertz CT molecular complexity index is 975. The molecule has 0 spiro atoms. The second-order valence-corrected chi connectivity index (χ2v) is 7.54. The summed E-state index contributed by atoms with van der Waals surface area (Å²) in [4.78, 5) is 41.8. The van der Waals surface area contributed by atoms with Gasteiger partial charge in [-0.2, -0.15) is 0 Å². The number of amides is 3. The molecule has 1 N–H and O–H groups in total. The Morgan fingerprint density at radius 2 is 2.00 bits per heavy atom. The van der Waals surface area contributed by atoms with E-state index >= 15 is 0 Å². The van der Waals surface area contributed by atoms with Crippen LogP contribution in [0.1, 0.15) is 28.8 Å². The minimum Gasteiger partial charge on any atom is -0.327 e. The summed E-state index contributed by atoms with van der Waals surface area (Å²) in [6.45, 7) is 2.29. The molecule has 3 amide bonds. The normalized spacial score (nSPS) is 18.6. The molecule has 6 nitrogen and oxygen atoms in total. The van der Waals surface area contributed by atoms with Gasteiger partial charge in [0, 0.05) is 6.54 Å². The van der Waals surface area contributed by atoms with Gasteiger partial charge in [0.15, 0.2) is 0 Å². The van der Waals surface area contributed by atoms with E-state index in [1.54, 1.807) is 41.3 Å². The molecule has 0 aliphatic carbocycles. The number of para-hydroxylation sites is 1. The molecule has 144 valence electrons. The molecular weight excluding hydrogens is 378 g/mol. The standard InChI is InChI=1S/C21H20ClN3O3/c1-13-8-9-16(15(22)11-13)23-19(26)12-25-17-6-3-2-5-14(17)20(27)24-10-4-7-18(24)21(25)28/h2-3,5-6,8-9,11,18H,4,7,10,12H2,1H3,(H,23,26)/t18-/m1/s1.